The quantitative estimate of drug-likeness (QED) is 0.431. The molecule has 2 heterocycles. The molecule has 0 fully saturated rings. The zero-order valence-electron chi connectivity index (χ0n) is 16.0. The van der Waals surface area contributed by atoms with E-state index in [1.807, 2.05) is 35.7 Å². The van der Waals surface area contributed by atoms with Gasteiger partial charge in [0, 0.05) is 5.38 Å². The van der Waals surface area contributed by atoms with Crippen molar-refractivity contribution in [3.05, 3.63) is 93.3 Å². The Morgan fingerprint density at radius 1 is 1.07 bits per heavy atom. The summed E-state index contributed by atoms with van der Waals surface area (Å²) in [5.41, 5.74) is 5.65. The maximum atomic E-state index is 8.95. The summed E-state index contributed by atoms with van der Waals surface area (Å²) in [6.45, 7) is 4.16. The molecule has 0 spiro atoms. The van der Waals surface area contributed by atoms with Crippen LogP contribution in [0.15, 0.2) is 80.8 Å². The Bertz CT molecular complexity index is 1270. The Morgan fingerprint density at radius 2 is 1.90 bits per heavy atom. The van der Waals surface area contributed by atoms with E-state index < -0.39 is 0 Å². The van der Waals surface area contributed by atoms with Gasteiger partial charge in [0.05, 0.1) is 29.8 Å². The zero-order chi connectivity index (χ0) is 20.2. The van der Waals surface area contributed by atoms with Crippen molar-refractivity contribution in [2.24, 2.45) is 10.1 Å². The molecule has 4 aromatic rings. The first-order valence-corrected chi connectivity index (χ1v) is 9.93. The van der Waals surface area contributed by atoms with Crippen LogP contribution in [-0.2, 0) is 0 Å². The average Bonchev–Trinajstić information content (AvgIpc) is 3.39. The van der Waals surface area contributed by atoms with Crippen molar-refractivity contribution >= 4 is 23.2 Å². The van der Waals surface area contributed by atoms with Crippen LogP contribution in [0.25, 0.3) is 11.5 Å². The Labute approximate surface area is 172 Å². The number of rotatable bonds is 4. The molecule has 0 aliphatic rings. The minimum absolute atomic E-state index is 0.618. The van der Waals surface area contributed by atoms with E-state index in [4.69, 9.17) is 14.7 Å². The molecule has 0 atom stereocenters. The monoisotopic (exact) mass is 398 g/mol. The molecule has 5 nitrogen and oxygen atoms in total. The van der Waals surface area contributed by atoms with Gasteiger partial charge in [-0.3, -0.25) is 0 Å². The second-order valence-corrected chi connectivity index (χ2v) is 7.39. The SMILES string of the molecule is Cc1ccc(N=c2scc(-c3ccco3)n2N=Cc2ccc(C#N)cc2)cc1C. The summed E-state index contributed by atoms with van der Waals surface area (Å²) in [6.07, 6.45) is 3.39. The summed E-state index contributed by atoms with van der Waals surface area (Å²) in [5, 5.41) is 15.6. The lowest BCUT2D eigenvalue weighted by molar-refractivity contribution is 0.575. The third-order valence-corrected chi connectivity index (χ3v) is 5.35. The smallest absolute Gasteiger partial charge is 0.211 e. The van der Waals surface area contributed by atoms with Crippen LogP contribution in [0.4, 0.5) is 5.69 Å². The Balaban J connectivity index is 1.80. The van der Waals surface area contributed by atoms with E-state index in [1.165, 1.54) is 22.5 Å². The van der Waals surface area contributed by atoms with E-state index in [-0.39, 0.29) is 0 Å². The van der Waals surface area contributed by atoms with Gasteiger partial charge in [-0.15, -0.1) is 11.3 Å². The summed E-state index contributed by atoms with van der Waals surface area (Å²) in [7, 11) is 0. The highest BCUT2D eigenvalue weighted by atomic mass is 32.1. The highest BCUT2D eigenvalue weighted by Gasteiger charge is 2.10. The lowest BCUT2D eigenvalue weighted by atomic mass is 10.1. The number of nitrogens with zero attached hydrogens (tertiary/aromatic N) is 4. The highest BCUT2D eigenvalue weighted by molar-refractivity contribution is 7.07. The molecule has 0 aliphatic heterocycles. The van der Waals surface area contributed by atoms with Gasteiger partial charge in [-0.05, 0) is 66.9 Å². The van der Waals surface area contributed by atoms with Crippen molar-refractivity contribution in [1.29, 1.82) is 5.26 Å². The van der Waals surface area contributed by atoms with Gasteiger partial charge in [0.1, 0.15) is 5.69 Å². The number of thiazole rings is 1. The third-order valence-electron chi connectivity index (χ3n) is 4.54. The van der Waals surface area contributed by atoms with E-state index in [2.05, 4.69) is 37.2 Å². The van der Waals surface area contributed by atoms with Crippen LogP contribution in [0, 0.1) is 25.2 Å². The lowest BCUT2D eigenvalue weighted by Gasteiger charge is -2.02. The highest BCUT2D eigenvalue weighted by Crippen LogP contribution is 2.22. The standard InChI is InChI=1S/C23H18N4OS/c1-16-5-10-20(12-17(16)2)26-23-27(21(15-29-23)22-4-3-11-28-22)25-14-19-8-6-18(13-24)7-9-19/h3-12,14-15H,1-2H3. The first-order valence-electron chi connectivity index (χ1n) is 9.05. The Morgan fingerprint density at radius 3 is 2.59 bits per heavy atom. The lowest BCUT2D eigenvalue weighted by Crippen LogP contribution is -2.11. The van der Waals surface area contributed by atoms with Gasteiger partial charge in [0.2, 0.25) is 4.80 Å². The minimum atomic E-state index is 0.618. The largest absolute Gasteiger partial charge is 0.463 e. The van der Waals surface area contributed by atoms with Crippen molar-refractivity contribution in [2.45, 2.75) is 13.8 Å². The molecule has 0 N–H and O–H groups in total. The fraction of sp³-hybridized carbons (Fsp3) is 0.0870. The Hall–Kier alpha value is -3.69. The van der Waals surface area contributed by atoms with Gasteiger partial charge in [-0.25, -0.2) is 9.67 Å². The molecule has 0 bridgehead atoms. The maximum Gasteiger partial charge on any atom is 0.211 e. The summed E-state index contributed by atoms with van der Waals surface area (Å²) >= 11 is 1.50. The summed E-state index contributed by atoms with van der Waals surface area (Å²) < 4.78 is 7.35. The normalized spacial score (nSPS) is 11.8. The van der Waals surface area contributed by atoms with Crippen LogP contribution in [0.2, 0.25) is 0 Å². The number of aromatic nitrogens is 1. The number of furan rings is 1. The van der Waals surface area contributed by atoms with Crippen molar-refractivity contribution in [3.63, 3.8) is 0 Å². The van der Waals surface area contributed by atoms with Gasteiger partial charge in [0.25, 0.3) is 0 Å². The molecule has 0 aliphatic carbocycles. The molecule has 29 heavy (non-hydrogen) atoms. The van der Waals surface area contributed by atoms with E-state index in [0.717, 1.165) is 27.5 Å². The van der Waals surface area contributed by atoms with Gasteiger partial charge < -0.3 is 4.42 Å². The Kier molecular flexibility index (Phi) is 5.23. The molecule has 2 aromatic heterocycles. The van der Waals surface area contributed by atoms with Gasteiger partial charge in [-0.1, -0.05) is 18.2 Å². The van der Waals surface area contributed by atoms with Gasteiger partial charge in [-0.2, -0.15) is 10.4 Å². The minimum Gasteiger partial charge on any atom is -0.463 e. The molecule has 4 rings (SSSR count). The van der Waals surface area contributed by atoms with Crippen LogP contribution < -0.4 is 4.80 Å². The van der Waals surface area contributed by atoms with Crippen LogP contribution >= 0.6 is 11.3 Å². The van der Waals surface area contributed by atoms with Gasteiger partial charge >= 0.3 is 0 Å². The fourth-order valence-corrected chi connectivity index (χ4v) is 3.59. The predicted octanol–water partition coefficient (Wildman–Crippen LogP) is 5.41. The summed E-state index contributed by atoms with van der Waals surface area (Å²) in [6, 6.07) is 19.3. The summed E-state index contributed by atoms with van der Waals surface area (Å²) in [5.74, 6) is 0.722. The molecular formula is C23H18N4OS. The molecule has 2 aromatic carbocycles. The molecular weight excluding hydrogens is 380 g/mol. The van der Waals surface area contributed by atoms with E-state index in [1.54, 1.807) is 29.3 Å². The van der Waals surface area contributed by atoms with Crippen LogP contribution in [0.1, 0.15) is 22.3 Å². The van der Waals surface area contributed by atoms with E-state index in [9.17, 15) is 0 Å². The number of hydrogen-bond donors (Lipinski definition) is 0. The van der Waals surface area contributed by atoms with E-state index >= 15 is 0 Å². The number of nitriles is 1. The van der Waals surface area contributed by atoms with Crippen molar-refractivity contribution < 1.29 is 4.42 Å². The average molecular weight is 398 g/mol. The maximum absolute atomic E-state index is 8.95. The second kappa shape index (κ2) is 8.13. The van der Waals surface area contributed by atoms with Crippen LogP contribution in [0.5, 0.6) is 0 Å². The van der Waals surface area contributed by atoms with Crippen molar-refractivity contribution in [1.82, 2.24) is 4.68 Å². The molecule has 0 unspecified atom stereocenters. The van der Waals surface area contributed by atoms with Crippen molar-refractivity contribution in [3.8, 4) is 17.5 Å². The second-order valence-electron chi connectivity index (χ2n) is 6.55. The number of benzene rings is 2. The third kappa shape index (κ3) is 4.10. The first-order chi connectivity index (χ1) is 14.1. The molecule has 6 heteroatoms. The molecule has 0 saturated heterocycles. The number of hydrogen-bond acceptors (Lipinski definition) is 5. The predicted molar refractivity (Wildman–Crippen MR) is 115 cm³/mol. The molecule has 0 saturated carbocycles. The fourth-order valence-electron chi connectivity index (χ4n) is 2.76. The first kappa shape index (κ1) is 18.7. The van der Waals surface area contributed by atoms with Crippen LogP contribution in [0.3, 0.4) is 0 Å². The van der Waals surface area contributed by atoms with Crippen molar-refractivity contribution in [2.75, 3.05) is 0 Å². The zero-order valence-corrected chi connectivity index (χ0v) is 16.9. The van der Waals surface area contributed by atoms with E-state index in [0.29, 0.717) is 5.56 Å². The number of aryl methyl sites for hydroxylation is 2. The molecule has 0 radical (unpaired) electrons. The topological polar surface area (TPSA) is 66.6 Å². The summed E-state index contributed by atoms with van der Waals surface area (Å²) in [4.78, 5) is 5.54. The van der Waals surface area contributed by atoms with Crippen LogP contribution in [-0.4, -0.2) is 10.9 Å². The molecule has 0 amide bonds. The molecule has 142 valence electrons. The van der Waals surface area contributed by atoms with Gasteiger partial charge in [0.15, 0.2) is 5.76 Å².